The lowest BCUT2D eigenvalue weighted by molar-refractivity contribution is -0.142. The number of aromatic amines is 1. The minimum absolute atomic E-state index is 0.0929. The van der Waals surface area contributed by atoms with E-state index in [4.69, 9.17) is 22.9 Å². The Bertz CT molecular complexity index is 939. The monoisotopic (exact) mass is 525 g/mol. The zero-order valence-corrected chi connectivity index (χ0v) is 20.3. The Morgan fingerprint density at radius 1 is 0.892 bits per heavy atom. The molecule has 0 fully saturated rings. The van der Waals surface area contributed by atoms with E-state index in [1.165, 1.54) is 12.5 Å². The van der Waals surface area contributed by atoms with E-state index in [0.29, 0.717) is 25.1 Å². The van der Waals surface area contributed by atoms with Crippen molar-refractivity contribution in [1.82, 2.24) is 25.9 Å². The first-order chi connectivity index (χ1) is 17.4. The Kier molecular flexibility index (Phi) is 13.3. The van der Waals surface area contributed by atoms with Crippen molar-refractivity contribution >= 4 is 35.5 Å². The average Bonchev–Trinajstić information content (AvgIpc) is 3.32. The lowest BCUT2D eigenvalue weighted by Gasteiger charge is -2.25. The van der Waals surface area contributed by atoms with Gasteiger partial charge in [-0.15, -0.1) is 0 Å². The number of nitrogens with one attached hydrogen (secondary N) is 4. The molecular formula is C21H35N9O7. The van der Waals surface area contributed by atoms with E-state index in [0.717, 1.165) is 0 Å². The van der Waals surface area contributed by atoms with Gasteiger partial charge in [-0.1, -0.05) is 0 Å². The number of imidazole rings is 1. The van der Waals surface area contributed by atoms with Gasteiger partial charge < -0.3 is 49.0 Å². The Morgan fingerprint density at radius 3 is 2.05 bits per heavy atom. The standard InChI is InChI=1S/C21H35N9O7/c22-6-2-1-3-13(28-18(33)12(23)8-17(25)32)19(34)30-15(7-11-9-26-10-27-11)20(35)29-14(21(36)37)4-5-16(24)31/h9-10,12-15H,1-8,22-23H2,(H2,24,31)(H2,25,32)(H,26,27)(H,28,33)(H,29,35)(H,30,34)(H,36,37). The molecule has 4 unspecified atom stereocenters. The SMILES string of the molecule is NCCCCC(NC(=O)C(N)CC(N)=O)C(=O)NC(Cc1cnc[nH]1)C(=O)NC(CCC(N)=O)C(=O)O. The summed E-state index contributed by atoms with van der Waals surface area (Å²) in [5, 5.41) is 16.7. The van der Waals surface area contributed by atoms with E-state index in [-0.39, 0.29) is 25.7 Å². The molecule has 16 nitrogen and oxygen atoms in total. The van der Waals surface area contributed by atoms with Crippen LogP contribution in [-0.2, 0) is 35.2 Å². The maximum absolute atomic E-state index is 13.1. The fourth-order valence-corrected chi connectivity index (χ4v) is 3.26. The van der Waals surface area contributed by atoms with Crippen LogP contribution in [0, 0.1) is 0 Å². The highest BCUT2D eigenvalue weighted by Crippen LogP contribution is 2.06. The second-order valence-corrected chi connectivity index (χ2v) is 8.37. The van der Waals surface area contributed by atoms with E-state index in [9.17, 15) is 33.9 Å². The topological polar surface area (TPSA) is 292 Å². The highest BCUT2D eigenvalue weighted by molar-refractivity contribution is 5.95. The summed E-state index contributed by atoms with van der Waals surface area (Å²) < 4.78 is 0. The lowest BCUT2D eigenvalue weighted by Crippen LogP contribution is -2.57. The van der Waals surface area contributed by atoms with Crippen LogP contribution in [0.15, 0.2) is 12.5 Å². The van der Waals surface area contributed by atoms with Crippen LogP contribution in [0.1, 0.15) is 44.2 Å². The van der Waals surface area contributed by atoms with Gasteiger partial charge in [0.2, 0.25) is 29.5 Å². The number of carboxylic acids is 1. The van der Waals surface area contributed by atoms with Crippen LogP contribution < -0.4 is 38.9 Å². The van der Waals surface area contributed by atoms with E-state index in [1.54, 1.807) is 0 Å². The molecule has 1 aromatic heterocycles. The first-order valence-electron chi connectivity index (χ1n) is 11.6. The van der Waals surface area contributed by atoms with Gasteiger partial charge in [-0.3, -0.25) is 24.0 Å². The Morgan fingerprint density at radius 2 is 1.51 bits per heavy atom. The molecule has 0 aromatic carbocycles. The normalized spacial score (nSPS) is 14.0. The number of amides is 5. The third-order valence-electron chi connectivity index (χ3n) is 5.24. The third kappa shape index (κ3) is 12.0. The van der Waals surface area contributed by atoms with Crippen molar-refractivity contribution in [2.75, 3.05) is 6.54 Å². The zero-order valence-electron chi connectivity index (χ0n) is 20.3. The summed E-state index contributed by atoms with van der Waals surface area (Å²) in [5.74, 6) is -5.33. The molecule has 0 aliphatic heterocycles. The number of aliphatic carboxylic acids is 1. The second kappa shape index (κ2) is 15.8. The minimum Gasteiger partial charge on any atom is -0.480 e. The largest absolute Gasteiger partial charge is 0.480 e. The van der Waals surface area contributed by atoms with Crippen molar-refractivity contribution in [3.63, 3.8) is 0 Å². The van der Waals surface area contributed by atoms with Gasteiger partial charge >= 0.3 is 5.97 Å². The molecule has 0 radical (unpaired) electrons. The summed E-state index contributed by atoms with van der Waals surface area (Å²) >= 11 is 0. The minimum atomic E-state index is -1.44. The van der Waals surface area contributed by atoms with Gasteiger partial charge in [0.1, 0.15) is 18.1 Å². The van der Waals surface area contributed by atoms with Crippen LogP contribution in [0.4, 0.5) is 0 Å². The molecule has 13 N–H and O–H groups in total. The number of primary amides is 2. The predicted molar refractivity (Wildman–Crippen MR) is 129 cm³/mol. The molecule has 0 aliphatic carbocycles. The van der Waals surface area contributed by atoms with Crippen LogP contribution in [0.3, 0.4) is 0 Å². The molecule has 4 atom stereocenters. The maximum Gasteiger partial charge on any atom is 0.326 e. The van der Waals surface area contributed by atoms with Gasteiger partial charge in [0, 0.05) is 24.7 Å². The van der Waals surface area contributed by atoms with Gasteiger partial charge in [0.25, 0.3) is 0 Å². The third-order valence-corrected chi connectivity index (χ3v) is 5.24. The summed E-state index contributed by atoms with van der Waals surface area (Å²) in [6.45, 7) is 0.343. The summed E-state index contributed by atoms with van der Waals surface area (Å²) in [6.07, 6.45) is 2.85. The van der Waals surface area contributed by atoms with Crippen LogP contribution in [0.25, 0.3) is 0 Å². The number of hydrogen-bond donors (Lipinski definition) is 9. The molecule has 0 spiro atoms. The van der Waals surface area contributed by atoms with E-state index in [2.05, 4.69) is 25.9 Å². The number of aromatic nitrogens is 2. The highest BCUT2D eigenvalue weighted by atomic mass is 16.4. The first kappa shape index (κ1) is 31.0. The van der Waals surface area contributed by atoms with Crippen molar-refractivity contribution in [3.8, 4) is 0 Å². The van der Waals surface area contributed by atoms with Crippen LogP contribution >= 0.6 is 0 Å². The summed E-state index contributed by atoms with van der Waals surface area (Å²) in [7, 11) is 0. The van der Waals surface area contributed by atoms with Crippen molar-refractivity contribution in [3.05, 3.63) is 18.2 Å². The van der Waals surface area contributed by atoms with Gasteiger partial charge in [0.05, 0.1) is 18.8 Å². The number of carboxylic acid groups (broad SMARTS) is 1. The second-order valence-electron chi connectivity index (χ2n) is 8.37. The molecule has 1 rings (SSSR count). The number of carbonyl (C=O) groups is 6. The zero-order chi connectivity index (χ0) is 28.0. The molecule has 206 valence electrons. The Labute approximate surface area is 212 Å². The van der Waals surface area contributed by atoms with Gasteiger partial charge in [0.15, 0.2) is 0 Å². The molecule has 16 heteroatoms. The number of hydrogen-bond acceptors (Lipinski definition) is 9. The fourth-order valence-electron chi connectivity index (χ4n) is 3.26. The van der Waals surface area contributed by atoms with Crippen molar-refractivity contribution in [2.45, 2.75) is 69.1 Å². The van der Waals surface area contributed by atoms with Gasteiger partial charge in [-0.2, -0.15) is 0 Å². The first-order valence-corrected chi connectivity index (χ1v) is 11.6. The van der Waals surface area contributed by atoms with Gasteiger partial charge in [-0.05, 0) is 32.2 Å². The summed E-state index contributed by atoms with van der Waals surface area (Å²) in [6, 6.07) is -5.14. The molecular weight excluding hydrogens is 490 g/mol. The van der Waals surface area contributed by atoms with Crippen LogP contribution in [0.2, 0.25) is 0 Å². The Balaban J connectivity index is 3.06. The Hall–Kier alpha value is -4.05. The highest BCUT2D eigenvalue weighted by Gasteiger charge is 2.31. The molecule has 1 aromatic rings. The van der Waals surface area contributed by atoms with Gasteiger partial charge in [-0.25, -0.2) is 9.78 Å². The number of nitrogens with zero attached hydrogens (tertiary/aromatic N) is 1. The van der Waals surface area contributed by atoms with E-state index in [1.807, 2.05) is 0 Å². The number of H-pyrrole nitrogens is 1. The lowest BCUT2D eigenvalue weighted by atomic mass is 10.0. The molecule has 0 aliphatic rings. The number of carbonyl (C=O) groups excluding carboxylic acids is 5. The van der Waals surface area contributed by atoms with E-state index < -0.39 is 66.1 Å². The predicted octanol–water partition coefficient (Wildman–Crippen LogP) is -3.91. The summed E-state index contributed by atoms with van der Waals surface area (Å²) in [5.41, 5.74) is 21.8. The number of rotatable bonds is 18. The molecule has 37 heavy (non-hydrogen) atoms. The van der Waals surface area contributed by atoms with Crippen molar-refractivity contribution in [1.29, 1.82) is 0 Å². The fraction of sp³-hybridized carbons (Fsp3) is 0.571. The molecule has 5 amide bonds. The molecule has 0 saturated carbocycles. The van der Waals surface area contributed by atoms with E-state index >= 15 is 0 Å². The van der Waals surface area contributed by atoms with Crippen molar-refractivity contribution < 1.29 is 33.9 Å². The number of nitrogens with two attached hydrogens (primary N) is 4. The molecule has 0 saturated heterocycles. The van der Waals surface area contributed by atoms with Crippen LogP contribution in [0.5, 0.6) is 0 Å². The van der Waals surface area contributed by atoms with Crippen molar-refractivity contribution in [2.24, 2.45) is 22.9 Å². The quantitative estimate of drug-likeness (QED) is 0.0839. The number of unbranched alkanes of at least 4 members (excludes halogenated alkanes) is 1. The smallest absolute Gasteiger partial charge is 0.326 e. The maximum atomic E-state index is 13.1. The molecule has 1 heterocycles. The summed E-state index contributed by atoms with van der Waals surface area (Å²) in [4.78, 5) is 78.8. The average molecular weight is 526 g/mol. The molecule has 0 bridgehead atoms. The van der Waals surface area contributed by atoms with Crippen LogP contribution in [-0.4, -0.2) is 81.3 Å².